The molecule has 1 aromatic heterocycles. The van der Waals surface area contributed by atoms with Crippen molar-refractivity contribution in [1.82, 2.24) is 9.97 Å². The van der Waals surface area contributed by atoms with Crippen LogP contribution in [0.5, 0.6) is 0 Å². The molecule has 1 rings (SSSR count). The third-order valence-electron chi connectivity index (χ3n) is 2.31. The van der Waals surface area contributed by atoms with Crippen LogP contribution in [0.4, 0.5) is 17.6 Å². The van der Waals surface area contributed by atoms with E-state index in [4.69, 9.17) is 15.6 Å². The number of hydrogen-bond acceptors (Lipinski definition) is 7. The predicted octanol–water partition coefficient (Wildman–Crippen LogP) is 0.692. The number of rotatable bonds is 10. The van der Waals surface area contributed by atoms with Crippen LogP contribution in [0.15, 0.2) is 6.07 Å². The highest BCUT2D eigenvalue weighted by Crippen LogP contribution is 2.12. The van der Waals surface area contributed by atoms with Crippen molar-refractivity contribution in [2.24, 2.45) is 0 Å². The average molecular weight is 269 g/mol. The minimum absolute atomic E-state index is 0.0579. The summed E-state index contributed by atoms with van der Waals surface area (Å²) in [6.45, 7) is 4.71. The number of aromatic nitrogens is 2. The fourth-order valence-corrected chi connectivity index (χ4v) is 1.46. The Morgan fingerprint density at radius 3 is 2.53 bits per heavy atom. The van der Waals surface area contributed by atoms with Crippen molar-refractivity contribution < 1.29 is 9.84 Å². The lowest BCUT2D eigenvalue weighted by molar-refractivity contribution is 0.0922. The highest BCUT2D eigenvalue weighted by molar-refractivity contribution is 5.50. The fraction of sp³-hybridized carbons (Fsp3) is 0.667. The smallest absolute Gasteiger partial charge is 0.223 e. The van der Waals surface area contributed by atoms with Crippen LogP contribution >= 0.6 is 0 Å². The first-order valence-electron chi connectivity index (χ1n) is 6.57. The van der Waals surface area contributed by atoms with Crippen LogP contribution in [-0.4, -0.2) is 48.0 Å². The van der Waals surface area contributed by atoms with E-state index in [0.29, 0.717) is 19.0 Å². The number of hydrogen-bond donors (Lipinski definition) is 4. The van der Waals surface area contributed by atoms with E-state index in [1.165, 1.54) is 0 Å². The van der Waals surface area contributed by atoms with E-state index < -0.39 is 0 Å². The lowest BCUT2D eigenvalue weighted by Gasteiger charge is -2.09. The van der Waals surface area contributed by atoms with Crippen LogP contribution in [0.25, 0.3) is 0 Å². The first-order valence-corrected chi connectivity index (χ1v) is 6.57. The minimum atomic E-state index is 0.0579. The molecule has 19 heavy (non-hydrogen) atoms. The Bertz CT molecular complexity index is 362. The zero-order valence-corrected chi connectivity index (χ0v) is 11.4. The Kier molecular flexibility index (Phi) is 7.60. The molecule has 0 saturated heterocycles. The molecule has 0 bridgehead atoms. The molecule has 1 aromatic rings. The average Bonchev–Trinajstić information content (AvgIpc) is 2.40. The molecule has 0 saturated carbocycles. The number of ether oxygens (including phenoxy) is 1. The summed E-state index contributed by atoms with van der Waals surface area (Å²) in [6.07, 6.45) is 1.86. The van der Waals surface area contributed by atoms with E-state index in [9.17, 15) is 0 Å². The van der Waals surface area contributed by atoms with Gasteiger partial charge in [0.05, 0.1) is 13.2 Å². The highest BCUT2D eigenvalue weighted by atomic mass is 16.5. The van der Waals surface area contributed by atoms with E-state index >= 15 is 0 Å². The third kappa shape index (κ3) is 6.78. The van der Waals surface area contributed by atoms with Crippen LogP contribution < -0.4 is 16.4 Å². The second-order valence-corrected chi connectivity index (χ2v) is 4.04. The normalized spacial score (nSPS) is 10.4. The maximum absolute atomic E-state index is 8.55. The van der Waals surface area contributed by atoms with Crippen molar-refractivity contribution in [3.63, 3.8) is 0 Å². The lowest BCUT2D eigenvalue weighted by Crippen LogP contribution is -2.11. The Morgan fingerprint density at radius 1 is 1.21 bits per heavy atom. The molecule has 0 aliphatic heterocycles. The van der Waals surface area contributed by atoms with Crippen molar-refractivity contribution in [3.05, 3.63) is 6.07 Å². The standard InChI is InChI=1S/C12H23N5O2/c1-2-4-14-10-9-11(17-12(13)16-10)15-5-3-7-19-8-6-18/h9,18H,2-8H2,1H3,(H4,13,14,15,16,17). The minimum Gasteiger partial charge on any atom is -0.394 e. The van der Waals surface area contributed by atoms with Gasteiger partial charge in [-0.05, 0) is 12.8 Å². The molecule has 0 radical (unpaired) electrons. The highest BCUT2D eigenvalue weighted by Gasteiger charge is 2.01. The van der Waals surface area contributed by atoms with Gasteiger partial charge in [-0.25, -0.2) is 0 Å². The van der Waals surface area contributed by atoms with Gasteiger partial charge in [-0.3, -0.25) is 0 Å². The molecule has 0 spiro atoms. The summed E-state index contributed by atoms with van der Waals surface area (Å²) in [5, 5.41) is 14.9. The molecule has 1 heterocycles. The van der Waals surface area contributed by atoms with Gasteiger partial charge in [0, 0.05) is 25.8 Å². The SMILES string of the molecule is CCCNc1cc(NCCCOCCO)nc(N)n1. The number of anilines is 3. The molecule has 0 atom stereocenters. The van der Waals surface area contributed by atoms with Gasteiger partial charge in [0.1, 0.15) is 11.6 Å². The van der Waals surface area contributed by atoms with E-state index in [1.54, 1.807) is 0 Å². The first kappa shape index (κ1) is 15.5. The summed E-state index contributed by atoms with van der Waals surface area (Å²) in [6, 6.07) is 1.83. The largest absolute Gasteiger partial charge is 0.394 e. The quantitative estimate of drug-likeness (QED) is 0.463. The van der Waals surface area contributed by atoms with E-state index in [1.807, 2.05) is 6.07 Å². The van der Waals surface area contributed by atoms with Crippen molar-refractivity contribution in [1.29, 1.82) is 0 Å². The van der Waals surface area contributed by atoms with Gasteiger partial charge in [-0.1, -0.05) is 6.92 Å². The molecule has 7 heteroatoms. The predicted molar refractivity (Wildman–Crippen MR) is 76.2 cm³/mol. The summed E-state index contributed by atoms with van der Waals surface area (Å²) in [4.78, 5) is 8.21. The van der Waals surface area contributed by atoms with Crippen LogP contribution in [0.1, 0.15) is 19.8 Å². The van der Waals surface area contributed by atoms with Gasteiger partial charge >= 0.3 is 0 Å². The Labute approximate surface area is 113 Å². The topological polar surface area (TPSA) is 105 Å². The maximum atomic E-state index is 8.55. The number of nitrogens with one attached hydrogen (secondary N) is 2. The molecule has 0 fully saturated rings. The van der Waals surface area contributed by atoms with Gasteiger partial charge in [0.15, 0.2) is 0 Å². The molecular formula is C12H23N5O2. The van der Waals surface area contributed by atoms with Crippen LogP contribution in [0.3, 0.4) is 0 Å². The maximum Gasteiger partial charge on any atom is 0.223 e. The second kappa shape index (κ2) is 9.35. The molecule has 0 amide bonds. The summed E-state index contributed by atoms with van der Waals surface area (Å²) in [7, 11) is 0. The third-order valence-corrected chi connectivity index (χ3v) is 2.31. The molecule has 0 aliphatic rings. The zero-order valence-electron chi connectivity index (χ0n) is 11.4. The van der Waals surface area contributed by atoms with Crippen LogP contribution in [0.2, 0.25) is 0 Å². The van der Waals surface area contributed by atoms with E-state index in [2.05, 4.69) is 27.5 Å². The molecule has 108 valence electrons. The van der Waals surface area contributed by atoms with Gasteiger partial charge in [-0.2, -0.15) is 9.97 Å². The van der Waals surface area contributed by atoms with Crippen molar-refractivity contribution >= 4 is 17.6 Å². The second-order valence-electron chi connectivity index (χ2n) is 4.04. The molecule has 7 nitrogen and oxygen atoms in total. The van der Waals surface area contributed by atoms with Gasteiger partial charge in [-0.15, -0.1) is 0 Å². The Hall–Kier alpha value is -1.60. The summed E-state index contributed by atoms with van der Waals surface area (Å²) < 4.78 is 5.16. The summed E-state index contributed by atoms with van der Waals surface area (Å²) in [5.41, 5.74) is 5.65. The van der Waals surface area contributed by atoms with E-state index in [0.717, 1.165) is 31.7 Å². The van der Waals surface area contributed by atoms with Gasteiger partial charge in [0.25, 0.3) is 0 Å². The molecule has 0 aliphatic carbocycles. The monoisotopic (exact) mass is 269 g/mol. The molecule has 0 aromatic carbocycles. The van der Waals surface area contributed by atoms with E-state index in [-0.39, 0.29) is 12.6 Å². The Balaban J connectivity index is 2.34. The number of nitrogens with two attached hydrogens (primary N) is 1. The summed E-state index contributed by atoms with van der Waals surface area (Å²) >= 11 is 0. The van der Waals surface area contributed by atoms with Gasteiger partial charge in [0.2, 0.25) is 5.95 Å². The van der Waals surface area contributed by atoms with Crippen molar-refractivity contribution in [3.8, 4) is 0 Å². The number of aliphatic hydroxyl groups is 1. The molecule has 0 unspecified atom stereocenters. The van der Waals surface area contributed by atoms with Crippen LogP contribution in [-0.2, 0) is 4.74 Å². The summed E-state index contributed by atoms with van der Waals surface area (Å²) in [5.74, 6) is 1.68. The number of nitrogens with zero attached hydrogens (tertiary/aromatic N) is 2. The number of aliphatic hydroxyl groups excluding tert-OH is 1. The fourth-order valence-electron chi connectivity index (χ4n) is 1.46. The lowest BCUT2D eigenvalue weighted by atomic mass is 10.4. The zero-order chi connectivity index (χ0) is 13.9. The van der Waals surface area contributed by atoms with Crippen LogP contribution in [0, 0.1) is 0 Å². The number of nitrogen functional groups attached to an aromatic ring is 1. The van der Waals surface area contributed by atoms with Gasteiger partial charge < -0.3 is 26.2 Å². The Morgan fingerprint density at radius 2 is 1.89 bits per heavy atom. The molecular weight excluding hydrogens is 246 g/mol. The first-order chi connectivity index (χ1) is 9.26. The molecule has 5 N–H and O–H groups in total. The van der Waals surface area contributed by atoms with Crippen molar-refractivity contribution in [2.45, 2.75) is 19.8 Å². The van der Waals surface area contributed by atoms with Crippen molar-refractivity contribution in [2.75, 3.05) is 49.3 Å².